The van der Waals surface area contributed by atoms with E-state index in [4.69, 9.17) is 13.9 Å². The predicted molar refractivity (Wildman–Crippen MR) is 119 cm³/mol. The molecule has 13 heteroatoms. The van der Waals surface area contributed by atoms with E-state index in [1.54, 1.807) is 4.90 Å². The highest BCUT2D eigenvalue weighted by atomic mass is 19.4. The number of amides is 1. The van der Waals surface area contributed by atoms with Gasteiger partial charge in [0.1, 0.15) is 12.2 Å². The fourth-order valence-corrected chi connectivity index (χ4v) is 4.90. The third kappa shape index (κ3) is 5.51. The number of nitrogens with zero attached hydrogens (tertiary/aromatic N) is 2. The van der Waals surface area contributed by atoms with Crippen LogP contribution in [-0.4, -0.2) is 55.4 Å². The lowest BCUT2D eigenvalue weighted by molar-refractivity contribution is -0.130. The minimum absolute atomic E-state index is 0.0760. The number of benzene rings is 1. The van der Waals surface area contributed by atoms with E-state index in [1.807, 2.05) is 0 Å². The molecule has 202 valence electrons. The maximum Gasteiger partial charge on any atom is 0.396 e. The Bertz CT molecular complexity index is 1160. The number of rotatable bonds is 6. The lowest BCUT2D eigenvalue weighted by atomic mass is 9.85. The Kier molecular flexibility index (Phi) is 6.53. The molecule has 2 saturated heterocycles. The minimum Gasteiger partial charge on any atom is -0.481 e. The molecule has 5 rings (SSSR count). The number of ether oxygens (including phenoxy) is 2. The van der Waals surface area contributed by atoms with Crippen molar-refractivity contribution < 1.29 is 45.0 Å². The van der Waals surface area contributed by atoms with Gasteiger partial charge in [0.25, 0.3) is 17.8 Å². The van der Waals surface area contributed by atoms with E-state index < -0.39 is 53.6 Å². The van der Waals surface area contributed by atoms with Gasteiger partial charge in [0.2, 0.25) is 0 Å². The van der Waals surface area contributed by atoms with Gasteiger partial charge in [-0.3, -0.25) is 4.79 Å². The summed E-state index contributed by atoms with van der Waals surface area (Å²) in [7, 11) is 0. The van der Waals surface area contributed by atoms with Gasteiger partial charge in [0.05, 0.1) is 13.2 Å². The van der Waals surface area contributed by atoms with Crippen LogP contribution in [0.1, 0.15) is 48.4 Å². The molecular weight excluding hydrogens is 508 g/mol. The number of alkyl halides is 5. The molecule has 0 radical (unpaired) electrons. The van der Waals surface area contributed by atoms with Crippen molar-refractivity contribution in [2.75, 3.05) is 36.5 Å². The van der Waals surface area contributed by atoms with Crippen LogP contribution in [0.15, 0.2) is 22.6 Å². The van der Waals surface area contributed by atoms with E-state index in [2.05, 4.69) is 10.3 Å². The van der Waals surface area contributed by atoms with Crippen molar-refractivity contribution in [1.82, 2.24) is 4.98 Å². The molecule has 1 saturated carbocycles. The maximum atomic E-state index is 14.6. The summed E-state index contributed by atoms with van der Waals surface area (Å²) in [4.78, 5) is 18.6. The molecule has 1 aromatic heterocycles. The lowest BCUT2D eigenvalue weighted by Crippen LogP contribution is -2.44. The second-order valence-corrected chi connectivity index (χ2v) is 9.94. The standard InChI is InChI=1S/C24H25F6N3O4/c25-15-9-14(4-5-16(15)36-18-3-1-2-6-23(18,26)27)31-20(34)19-17(10-24(28,29)30)37-21(32-19)33-8-7-22(11-33)12-35-13-22/h4-5,9,18H,1-3,6-8,10-13H2,(H,31,34). The van der Waals surface area contributed by atoms with Crippen LogP contribution < -0.4 is 15.0 Å². The number of carbonyl (C=O) groups is 1. The van der Waals surface area contributed by atoms with Gasteiger partial charge in [0, 0.05) is 36.7 Å². The Balaban J connectivity index is 1.31. The highest BCUT2D eigenvalue weighted by Crippen LogP contribution is 2.40. The van der Waals surface area contributed by atoms with Crippen molar-refractivity contribution in [2.24, 2.45) is 5.41 Å². The largest absolute Gasteiger partial charge is 0.481 e. The van der Waals surface area contributed by atoms with Crippen LogP contribution >= 0.6 is 0 Å². The van der Waals surface area contributed by atoms with Crippen LogP contribution in [0.25, 0.3) is 0 Å². The number of nitrogens with one attached hydrogen (secondary N) is 1. The van der Waals surface area contributed by atoms with Crippen LogP contribution in [-0.2, 0) is 11.2 Å². The van der Waals surface area contributed by atoms with Crippen molar-refractivity contribution >= 4 is 17.6 Å². The molecule has 0 bridgehead atoms. The smallest absolute Gasteiger partial charge is 0.396 e. The monoisotopic (exact) mass is 533 g/mol. The summed E-state index contributed by atoms with van der Waals surface area (Å²) in [6.45, 7) is 2.04. The van der Waals surface area contributed by atoms with Crippen LogP contribution in [0.3, 0.4) is 0 Å². The van der Waals surface area contributed by atoms with E-state index in [1.165, 1.54) is 6.07 Å². The summed E-state index contributed by atoms with van der Waals surface area (Å²) >= 11 is 0. The van der Waals surface area contributed by atoms with Crippen molar-refractivity contribution in [1.29, 1.82) is 0 Å². The van der Waals surface area contributed by atoms with Gasteiger partial charge in [-0.05, 0) is 37.8 Å². The number of aromatic nitrogens is 1. The first kappa shape index (κ1) is 25.7. The second kappa shape index (κ2) is 9.41. The van der Waals surface area contributed by atoms with E-state index >= 15 is 0 Å². The average molecular weight is 533 g/mol. The summed E-state index contributed by atoms with van der Waals surface area (Å²) in [6.07, 6.45) is -6.27. The molecule has 1 atom stereocenters. The Morgan fingerprint density at radius 1 is 1.22 bits per heavy atom. The van der Waals surface area contributed by atoms with Gasteiger partial charge >= 0.3 is 6.18 Å². The van der Waals surface area contributed by atoms with Crippen molar-refractivity contribution in [3.8, 4) is 5.75 Å². The summed E-state index contributed by atoms with van der Waals surface area (Å²) in [6, 6.07) is 3.05. The Hall–Kier alpha value is -2.96. The number of hydrogen-bond donors (Lipinski definition) is 1. The SMILES string of the molecule is O=C(Nc1ccc(OC2CCCCC2(F)F)c(F)c1)c1nc(N2CCC3(COC3)C2)oc1CC(F)(F)F. The normalized spacial score (nSPS) is 22.6. The number of carbonyl (C=O) groups excluding carboxylic acids is 1. The molecule has 7 nitrogen and oxygen atoms in total. The van der Waals surface area contributed by atoms with Gasteiger partial charge in [-0.15, -0.1) is 0 Å². The van der Waals surface area contributed by atoms with Gasteiger partial charge in [-0.1, -0.05) is 0 Å². The molecular formula is C24H25F6N3O4. The van der Waals surface area contributed by atoms with Gasteiger partial charge in [-0.2, -0.15) is 18.2 Å². The van der Waals surface area contributed by atoms with Crippen LogP contribution in [0.4, 0.5) is 38.0 Å². The highest BCUT2D eigenvalue weighted by Gasteiger charge is 2.46. The van der Waals surface area contributed by atoms with Crippen LogP contribution in [0.5, 0.6) is 5.75 Å². The fourth-order valence-electron chi connectivity index (χ4n) is 4.90. The number of hydrogen-bond acceptors (Lipinski definition) is 6. The minimum atomic E-state index is -4.66. The molecule has 3 aliphatic rings. The molecule has 1 amide bonds. The third-order valence-corrected chi connectivity index (χ3v) is 6.94. The summed E-state index contributed by atoms with van der Waals surface area (Å²) < 4.78 is 98.0. The zero-order valence-corrected chi connectivity index (χ0v) is 19.7. The Labute approximate surface area is 208 Å². The van der Waals surface area contributed by atoms with Crippen molar-refractivity contribution in [3.63, 3.8) is 0 Å². The first-order valence-electron chi connectivity index (χ1n) is 12.0. The van der Waals surface area contributed by atoms with Crippen molar-refractivity contribution in [3.05, 3.63) is 35.5 Å². The third-order valence-electron chi connectivity index (χ3n) is 6.94. The van der Waals surface area contributed by atoms with Gasteiger partial charge < -0.3 is 24.1 Å². The Morgan fingerprint density at radius 3 is 2.62 bits per heavy atom. The number of anilines is 2. The predicted octanol–water partition coefficient (Wildman–Crippen LogP) is 5.35. The fraction of sp³-hybridized carbons (Fsp3) is 0.583. The molecule has 1 aromatic carbocycles. The summed E-state index contributed by atoms with van der Waals surface area (Å²) in [5.41, 5.74) is -0.774. The van der Waals surface area contributed by atoms with E-state index in [0.717, 1.165) is 18.6 Å². The topological polar surface area (TPSA) is 76.8 Å². The van der Waals surface area contributed by atoms with E-state index in [9.17, 15) is 31.1 Å². The molecule has 1 N–H and O–H groups in total. The zero-order chi connectivity index (χ0) is 26.4. The molecule has 2 aromatic rings. The Morgan fingerprint density at radius 2 is 2.00 bits per heavy atom. The summed E-state index contributed by atoms with van der Waals surface area (Å²) in [5.74, 6) is -6.18. The number of oxazole rings is 1. The van der Waals surface area contributed by atoms with E-state index in [-0.39, 0.29) is 30.0 Å². The molecule has 2 aliphatic heterocycles. The maximum absolute atomic E-state index is 14.6. The quantitative estimate of drug-likeness (QED) is 0.505. The first-order chi connectivity index (χ1) is 17.4. The molecule has 1 aliphatic carbocycles. The molecule has 3 heterocycles. The molecule has 3 fully saturated rings. The zero-order valence-electron chi connectivity index (χ0n) is 19.7. The van der Waals surface area contributed by atoms with Crippen LogP contribution in [0, 0.1) is 11.2 Å². The number of halogens is 6. The lowest BCUT2D eigenvalue weighted by Gasteiger charge is -2.37. The van der Waals surface area contributed by atoms with Gasteiger partial charge in [0.15, 0.2) is 23.4 Å². The molecule has 1 unspecified atom stereocenters. The van der Waals surface area contributed by atoms with Crippen LogP contribution in [0.2, 0.25) is 0 Å². The highest BCUT2D eigenvalue weighted by molar-refractivity contribution is 6.03. The second-order valence-electron chi connectivity index (χ2n) is 9.94. The molecule has 1 spiro atoms. The van der Waals surface area contributed by atoms with E-state index in [0.29, 0.717) is 39.1 Å². The first-order valence-corrected chi connectivity index (χ1v) is 12.0. The van der Waals surface area contributed by atoms with Crippen molar-refractivity contribution in [2.45, 2.75) is 56.7 Å². The van der Waals surface area contributed by atoms with Gasteiger partial charge in [-0.25, -0.2) is 13.2 Å². The average Bonchev–Trinajstić information content (AvgIpc) is 3.40. The molecule has 37 heavy (non-hydrogen) atoms. The summed E-state index contributed by atoms with van der Waals surface area (Å²) in [5, 5.41) is 2.30.